The van der Waals surface area contributed by atoms with Gasteiger partial charge in [-0.3, -0.25) is 14.2 Å². The minimum atomic E-state index is -0.180. The van der Waals surface area contributed by atoms with E-state index < -0.39 is 0 Å². The van der Waals surface area contributed by atoms with Crippen LogP contribution in [0.4, 0.5) is 0 Å². The zero-order valence-electron chi connectivity index (χ0n) is 18.2. The summed E-state index contributed by atoms with van der Waals surface area (Å²) in [6, 6.07) is 17.5. The Hall–Kier alpha value is -3.32. The van der Waals surface area contributed by atoms with Gasteiger partial charge in [0, 0.05) is 18.3 Å². The molecule has 0 aliphatic heterocycles. The fraction of sp³-hybridized carbons (Fsp3) is 0.240. The van der Waals surface area contributed by atoms with E-state index in [1.807, 2.05) is 67.7 Å². The van der Waals surface area contributed by atoms with Crippen molar-refractivity contribution in [3.8, 4) is 16.8 Å². The Morgan fingerprint density at radius 3 is 2.62 bits per heavy atom. The highest BCUT2D eigenvalue weighted by atomic mass is 32.2. The maximum atomic E-state index is 13.6. The van der Waals surface area contributed by atoms with Crippen molar-refractivity contribution in [1.29, 1.82) is 0 Å². The van der Waals surface area contributed by atoms with Crippen LogP contribution in [0.5, 0.6) is 0 Å². The molecule has 0 atom stereocenters. The molecule has 7 heteroatoms. The molecule has 0 fully saturated rings. The highest BCUT2D eigenvalue weighted by molar-refractivity contribution is 7.99. The van der Waals surface area contributed by atoms with Crippen LogP contribution >= 0.6 is 11.8 Å². The molecule has 6 nitrogen and oxygen atoms in total. The van der Waals surface area contributed by atoms with Gasteiger partial charge in [-0.15, -0.1) is 0 Å². The lowest BCUT2D eigenvalue weighted by molar-refractivity contribution is -0.118. The Morgan fingerprint density at radius 2 is 1.88 bits per heavy atom. The van der Waals surface area contributed by atoms with Crippen LogP contribution in [0.2, 0.25) is 0 Å². The summed E-state index contributed by atoms with van der Waals surface area (Å²) in [4.78, 5) is 33.9. The number of hydrogen-bond acceptors (Lipinski definition) is 4. The van der Waals surface area contributed by atoms with Crippen LogP contribution in [-0.4, -0.2) is 32.7 Å². The van der Waals surface area contributed by atoms with Crippen molar-refractivity contribution < 1.29 is 4.79 Å². The van der Waals surface area contributed by atoms with Gasteiger partial charge in [0.25, 0.3) is 5.56 Å². The largest absolute Gasteiger partial charge is 0.355 e. The number of fused-ring (bicyclic) bond motifs is 1. The second kappa shape index (κ2) is 9.87. The summed E-state index contributed by atoms with van der Waals surface area (Å²) in [5.74, 6) is 0.130. The molecule has 2 heterocycles. The predicted octanol–water partition coefficient (Wildman–Crippen LogP) is 4.70. The number of aromatic amines is 1. The molecular weight excluding hydrogens is 420 g/mol. The van der Waals surface area contributed by atoms with Gasteiger partial charge in [0.1, 0.15) is 11.0 Å². The van der Waals surface area contributed by atoms with Crippen molar-refractivity contribution >= 4 is 28.7 Å². The lowest BCUT2D eigenvalue weighted by Crippen LogP contribution is -2.27. The summed E-state index contributed by atoms with van der Waals surface area (Å²) in [5, 5.41) is 3.43. The molecule has 0 spiro atoms. The summed E-state index contributed by atoms with van der Waals surface area (Å²) >= 11 is 1.28. The van der Waals surface area contributed by atoms with Gasteiger partial charge in [0.2, 0.25) is 5.91 Å². The summed E-state index contributed by atoms with van der Waals surface area (Å²) in [6.45, 7) is 4.70. The summed E-state index contributed by atoms with van der Waals surface area (Å²) in [7, 11) is 0. The first kappa shape index (κ1) is 21.9. The molecule has 0 radical (unpaired) electrons. The molecular formula is C25H26N4O2S. The van der Waals surface area contributed by atoms with Gasteiger partial charge in [-0.2, -0.15) is 0 Å². The van der Waals surface area contributed by atoms with Gasteiger partial charge in [-0.25, -0.2) is 4.98 Å². The predicted molar refractivity (Wildman–Crippen MR) is 131 cm³/mol. The molecule has 0 bridgehead atoms. The van der Waals surface area contributed by atoms with Gasteiger partial charge in [-0.1, -0.05) is 73.6 Å². The monoisotopic (exact) mass is 446 g/mol. The maximum Gasteiger partial charge on any atom is 0.283 e. The molecule has 2 N–H and O–H groups in total. The number of benzene rings is 2. The number of carbonyl (C=O) groups is 1. The van der Waals surface area contributed by atoms with Crippen molar-refractivity contribution in [3.05, 3.63) is 76.7 Å². The van der Waals surface area contributed by atoms with E-state index in [2.05, 4.69) is 17.2 Å². The van der Waals surface area contributed by atoms with E-state index in [4.69, 9.17) is 4.98 Å². The number of carbonyl (C=O) groups excluding carboxylic acids is 1. The lowest BCUT2D eigenvalue weighted by Gasteiger charge is -2.14. The molecule has 1 amide bonds. The Balaban J connectivity index is 1.81. The van der Waals surface area contributed by atoms with E-state index in [0.717, 1.165) is 35.2 Å². The molecule has 4 rings (SSSR count). The maximum absolute atomic E-state index is 13.6. The summed E-state index contributed by atoms with van der Waals surface area (Å²) < 4.78 is 1.60. The first-order valence-electron chi connectivity index (χ1n) is 10.7. The third kappa shape index (κ3) is 4.48. The van der Waals surface area contributed by atoms with E-state index in [1.54, 1.807) is 4.57 Å². The van der Waals surface area contributed by atoms with Crippen molar-refractivity contribution in [2.24, 2.45) is 0 Å². The molecule has 2 aromatic heterocycles. The van der Waals surface area contributed by atoms with Crippen molar-refractivity contribution in [2.45, 2.75) is 31.8 Å². The second-order valence-electron chi connectivity index (χ2n) is 7.61. The van der Waals surface area contributed by atoms with Gasteiger partial charge in [0.15, 0.2) is 5.16 Å². The smallest absolute Gasteiger partial charge is 0.283 e. The second-order valence-corrected chi connectivity index (χ2v) is 8.55. The minimum absolute atomic E-state index is 0.0634. The van der Waals surface area contributed by atoms with E-state index in [-0.39, 0.29) is 17.2 Å². The molecule has 32 heavy (non-hydrogen) atoms. The number of aromatic nitrogens is 3. The highest BCUT2D eigenvalue weighted by Gasteiger charge is 2.19. The normalized spacial score (nSPS) is 11.1. The van der Waals surface area contributed by atoms with Gasteiger partial charge in [0.05, 0.1) is 11.4 Å². The molecule has 164 valence electrons. The Kier molecular flexibility index (Phi) is 6.75. The number of para-hydroxylation sites is 1. The third-order valence-electron chi connectivity index (χ3n) is 5.29. The average Bonchev–Trinajstić information content (AvgIpc) is 3.24. The zero-order chi connectivity index (χ0) is 22.5. The summed E-state index contributed by atoms with van der Waals surface area (Å²) in [6.07, 6.45) is 3.79. The van der Waals surface area contributed by atoms with Crippen LogP contribution in [0, 0.1) is 6.92 Å². The molecule has 4 aromatic rings. The van der Waals surface area contributed by atoms with Gasteiger partial charge in [-0.05, 0) is 30.5 Å². The number of hydrogen-bond donors (Lipinski definition) is 2. The van der Waals surface area contributed by atoms with Crippen molar-refractivity contribution in [1.82, 2.24) is 19.9 Å². The average molecular weight is 447 g/mol. The van der Waals surface area contributed by atoms with Crippen LogP contribution < -0.4 is 10.9 Å². The number of H-pyrrole nitrogens is 1. The molecule has 0 unspecified atom stereocenters. The van der Waals surface area contributed by atoms with Crippen LogP contribution in [0.15, 0.2) is 70.7 Å². The van der Waals surface area contributed by atoms with Gasteiger partial charge < -0.3 is 10.3 Å². The van der Waals surface area contributed by atoms with Crippen LogP contribution in [0.25, 0.3) is 27.8 Å². The summed E-state index contributed by atoms with van der Waals surface area (Å²) in [5.41, 5.74) is 4.44. The minimum Gasteiger partial charge on any atom is -0.355 e. The first-order valence-corrected chi connectivity index (χ1v) is 11.7. The quantitative estimate of drug-likeness (QED) is 0.234. The Labute approximate surface area is 191 Å². The van der Waals surface area contributed by atoms with Gasteiger partial charge >= 0.3 is 0 Å². The fourth-order valence-corrected chi connectivity index (χ4v) is 4.41. The van der Waals surface area contributed by atoms with Crippen LogP contribution in [0.3, 0.4) is 0 Å². The SMILES string of the molecule is CCCCNC(=O)CSc1nc2c(-c3ccccc3)c[nH]c2c(=O)n1-c1ccccc1C. The Bertz CT molecular complexity index is 1290. The lowest BCUT2D eigenvalue weighted by atomic mass is 10.1. The number of amides is 1. The number of nitrogens with one attached hydrogen (secondary N) is 2. The standard InChI is InChI=1S/C25H26N4O2S/c1-3-4-14-26-21(30)16-32-25-28-22-19(18-11-6-5-7-12-18)15-27-23(22)24(31)29(25)20-13-9-8-10-17(20)2/h5-13,15,27H,3-4,14,16H2,1-2H3,(H,26,30). The van der Waals surface area contributed by atoms with E-state index in [1.165, 1.54) is 11.8 Å². The van der Waals surface area contributed by atoms with E-state index in [9.17, 15) is 9.59 Å². The molecule has 0 saturated heterocycles. The molecule has 2 aromatic carbocycles. The van der Waals surface area contributed by atoms with E-state index >= 15 is 0 Å². The number of thioether (sulfide) groups is 1. The topological polar surface area (TPSA) is 79.8 Å². The highest BCUT2D eigenvalue weighted by Crippen LogP contribution is 2.29. The number of aryl methyl sites for hydroxylation is 1. The van der Waals surface area contributed by atoms with Crippen LogP contribution in [0.1, 0.15) is 25.3 Å². The third-order valence-corrected chi connectivity index (χ3v) is 6.23. The number of nitrogens with zero attached hydrogens (tertiary/aromatic N) is 2. The number of rotatable bonds is 8. The van der Waals surface area contributed by atoms with Crippen LogP contribution in [-0.2, 0) is 4.79 Å². The van der Waals surface area contributed by atoms with Crippen molar-refractivity contribution in [3.63, 3.8) is 0 Å². The zero-order valence-corrected chi connectivity index (χ0v) is 19.0. The molecule has 0 aliphatic carbocycles. The fourth-order valence-electron chi connectivity index (χ4n) is 3.59. The molecule has 0 saturated carbocycles. The number of unbranched alkanes of at least 4 members (excludes halogenated alkanes) is 1. The van der Waals surface area contributed by atoms with E-state index in [0.29, 0.717) is 22.7 Å². The van der Waals surface area contributed by atoms with Crippen molar-refractivity contribution in [2.75, 3.05) is 12.3 Å². The first-order chi connectivity index (χ1) is 15.6. The molecule has 0 aliphatic rings. The Morgan fingerprint density at radius 1 is 1.12 bits per heavy atom.